The Balaban J connectivity index is 1.68. The first kappa shape index (κ1) is 18.2. The van der Waals surface area contributed by atoms with E-state index < -0.39 is 4.92 Å². The van der Waals surface area contributed by atoms with E-state index in [-0.39, 0.29) is 5.69 Å². The van der Waals surface area contributed by atoms with Gasteiger partial charge in [-0.1, -0.05) is 39.7 Å². The van der Waals surface area contributed by atoms with Crippen molar-refractivity contribution in [2.75, 3.05) is 0 Å². The molecule has 0 aliphatic heterocycles. The van der Waals surface area contributed by atoms with Gasteiger partial charge < -0.3 is 9.84 Å². The van der Waals surface area contributed by atoms with Crippen LogP contribution in [0.4, 0.5) is 5.69 Å². The van der Waals surface area contributed by atoms with Gasteiger partial charge in [-0.2, -0.15) is 5.10 Å². The lowest BCUT2D eigenvalue weighted by Crippen LogP contribution is -2.05. The first-order chi connectivity index (χ1) is 12.5. The number of nitrogens with one attached hydrogen (secondary N) is 1. The predicted octanol–water partition coefficient (Wildman–Crippen LogP) is 5.39. The van der Waals surface area contributed by atoms with Crippen LogP contribution in [-0.4, -0.2) is 11.1 Å². The van der Waals surface area contributed by atoms with E-state index in [2.05, 4.69) is 26.5 Å². The second kappa shape index (κ2) is 8.16. The van der Waals surface area contributed by atoms with Gasteiger partial charge in [0.15, 0.2) is 0 Å². The van der Waals surface area contributed by atoms with Crippen molar-refractivity contribution in [1.82, 2.24) is 5.43 Å². The number of hydrogen-bond acceptors (Lipinski definition) is 5. The van der Waals surface area contributed by atoms with Crippen LogP contribution in [0.1, 0.15) is 11.3 Å². The number of furan rings is 1. The second-order valence-corrected chi connectivity index (χ2v) is 6.69. The number of hydrogen-bond donors (Lipinski definition) is 1. The Bertz CT molecular complexity index is 955. The normalized spacial score (nSPS) is 11.0. The molecule has 0 radical (unpaired) electrons. The Kier molecular flexibility index (Phi) is 5.70. The van der Waals surface area contributed by atoms with Crippen molar-refractivity contribution in [2.24, 2.45) is 5.10 Å². The average Bonchev–Trinajstić information content (AvgIpc) is 3.09. The smallest absolute Gasteiger partial charge is 0.281 e. The number of rotatable bonds is 6. The molecule has 26 heavy (non-hydrogen) atoms. The van der Waals surface area contributed by atoms with Gasteiger partial charge in [0.25, 0.3) is 5.69 Å². The van der Waals surface area contributed by atoms with Crippen molar-refractivity contribution in [2.45, 2.75) is 6.54 Å². The molecule has 132 valence electrons. The summed E-state index contributed by atoms with van der Waals surface area (Å²) in [6.45, 7) is 0.541. The lowest BCUT2D eigenvalue weighted by Gasteiger charge is -2.01. The van der Waals surface area contributed by atoms with E-state index in [1.165, 1.54) is 12.3 Å². The summed E-state index contributed by atoms with van der Waals surface area (Å²) < 4.78 is 6.27. The zero-order valence-electron chi connectivity index (χ0n) is 13.4. The molecular formula is C18H13BrClN3O3. The number of nitro benzene ring substituents is 1. The van der Waals surface area contributed by atoms with Gasteiger partial charge in [0, 0.05) is 15.6 Å². The van der Waals surface area contributed by atoms with Gasteiger partial charge in [-0.3, -0.25) is 10.1 Å². The molecule has 6 nitrogen and oxygen atoms in total. The summed E-state index contributed by atoms with van der Waals surface area (Å²) in [7, 11) is 0. The number of hydrazone groups is 1. The first-order valence-corrected chi connectivity index (χ1v) is 8.74. The van der Waals surface area contributed by atoms with Crippen LogP contribution in [0.2, 0.25) is 5.02 Å². The van der Waals surface area contributed by atoms with Crippen LogP contribution < -0.4 is 5.43 Å². The van der Waals surface area contributed by atoms with E-state index in [9.17, 15) is 10.1 Å². The van der Waals surface area contributed by atoms with Gasteiger partial charge >= 0.3 is 0 Å². The van der Waals surface area contributed by atoms with Crippen LogP contribution in [0, 0.1) is 10.1 Å². The third-order valence-electron chi connectivity index (χ3n) is 3.53. The summed E-state index contributed by atoms with van der Waals surface area (Å²) in [6, 6.07) is 15.6. The highest BCUT2D eigenvalue weighted by atomic mass is 79.9. The third-order valence-corrected chi connectivity index (χ3v) is 4.27. The Morgan fingerprint density at radius 2 is 1.96 bits per heavy atom. The molecule has 0 amide bonds. The van der Waals surface area contributed by atoms with Crippen molar-refractivity contribution in [1.29, 1.82) is 0 Å². The molecule has 0 spiro atoms. The molecule has 0 atom stereocenters. The van der Waals surface area contributed by atoms with Crippen LogP contribution in [-0.2, 0) is 6.54 Å². The van der Waals surface area contributed by atoms with Gasteiger partial charge in [-0.05, 0) is 42.0 Å². The highest BCUT2D eigenvalue weighted by Gasteiger charge is 2.18. The van der Waals surface area contributed by atoms with E-state index in [0.29, 0.717) is 33.1 Å². The molecule has 0 aliphatic rings. The number of halogens is 2. The monoisotopic (exact) mass is 433 g/mol. The molecule has 0 aliphatic carbocycles. The maximum absolute atomic E-state index is 11.2. The van der Waals surface area contributed by atoms with E-state index in [1.807, 2.05) is 24.3 Å². The van der Waals surface area contributed by atoms with Gasteiger partial charge in [0.2, 0.25) is 0 Å². The van der Waals surface area contributed by atoms with Crippen molar-refractivity contribution in [3.63, 3.8) is 0 Å². The van der Waals surface area contributed by atoms with Crippen LogP contribution >= 0.6 is 27.5 Å². The Morgan fingerprint density at radius 3 is 2.69 bits per heavy atom. The molecule has 0 saturated heterocycles. The van der Waals surface area contributed by atoms with E-state index in [1.54, 1.807) is 24.3 Å². The molecule has 0 fully saturated rings. The molecule has 3 rings (SSSR count). The molecule has 3 aromatic rings. The number of nitrogens with zero attached hydrogens (tertiary/aromatic N) is 2. The van der Waals surface area contributed by atoms with Crippen LogP contribution in [0.5, 0.6) is 0 Å². The van der Waals surface area contributed by atoms with Gasteiger partial charge in [0.05, 0.1) is 23.2 Å². The minimum Gasteiger partial charge on any atom is -0.455 e. The molecule has 0 unspecified atom stereocenters. The Hall–Kier alpha value is -2.64. The Labute approximate surface area is 162 Å². The van der Waals surface area contributed by atoms with Gasteiger partial charge in [-0.25, -0.2) is 0 Å². The summed E-state index contributed by atoms with van der Waals surface area (Å²) >= 11 is 9.07. The quantitative estimate of drug-likeness (QED) is 0.320. The lowest BCUT2D eigenvalue weighted by atomic mass is 10.1. The zero-order chi connectivity index (χ0) is 18.5. The average molecular weight is 435 g/mol. The highest BCUT2D eigenvalue weighted by Crippen LogP contribution is 2.33. The molecular weight excluding hydrogens is 422 g/mol. The topological polar surface area (TPSA) is 80.7 Å². The van der Waals surface area contributed by atoms with E-state index >= 15 is 0 Å². The minimum atomic E-state index is -0.440. The van der Waals surface area contributed by atoms with Gasteiger partial charge in [0.1, 0.15) is 11.5 Å². The molecule has 0 saturated carbocycles. The largest absolute Gasteiger partial charge is 0.455 e. The Morgan fingerprint density at radius 1 is 1.19 bits per heavy atom. The standard InChI is InChI=1S/C18H13BrClN3O3/c19-13-3-7-16(17(9-13)23(24)25)18-8-6-15(26-18)11-22-21-10-12-1-4-14(20)5-2-12/h1-9,11,21H,10H2/b22-11-. The van der Waals surface area contributed by atoms with Crippen LogP contribution in [0.15, 0.2) is 68.6 Å². The summed E-state index contributed by atoms with van der Waals surface area (Å²) in [4.78, 5) is 10.8. The van der Waals surface area contributed by atoms with Crippen LogP contribution in [0.25, 0.3) is 11.3 Å². The summed E-state index contributed by atoms with van der Waals surface area (Å²) in [5, 5.41) is 16.0. The van der Waals surface area contributed by atoms with Crippen molar-refractivity contribution < 1.29 is 9.34 Å². The fraction of sp³-hybridized carbons (Fsp3) is 0.0556. The van der Waals surface area contributed by atoms with E-state index in [4.69, 9.17) is 16.0 Å². The maximum atomic E-state index is 11.2. The van der Waals surface area contributed by atoms with Crippen LogP contribution in [0.3, 0.4) is 0 Å². The predicted molar refractivity (Wildman–Crippen MR) is 104 cm³/mol. The van der Waals surface area contributed by atoms with Crippen molar-refractivity contribution in [3.8, 4) is 11.3 Å². The SMILES string of the molecule is O=[N+]([O-])c1cc(Br)ccc1-c1ccc(/C=N\NCc2ccc(Cl)cc2)o1. The summed E-state index contributed by atoms with van der Waals surface area (Å²) in [6.07, 6.45) is 1.52. The molecule has 1 N–H and O–H groups in total. The minimum absolute atomic E-state index is 0.0296. The maximum Gasteiger partial charge on any atom is 0.281 e. The molecule has 1 aromatic heterocycles. The van der Waals surface area contributed by atoms with Crippen molar-refractivity contribution in [3.05, 3.63) is 85.5 Å². The molecule has 2 aromatic carbocycles. The third kappa shape index (κ3) is 4.50. The summed E-state index contributed by atoms with van der Waals surface area (Å²) in [5.41, 5.74) is 4.33. The highest BCUT2D eigenvalue weighted by molar-refractivity contribution is 9.10. The van der Waals surface area contributed by atoms with Gasteiger partial charge in [-0.15, -0.1) is 0 Å². The fourth-order valence-corrected chi connectivity index (χ4v) is 2.75. The lowest BCUT2D eigenvalue weighted by molar-refractivity contribution is -0.384. The molecule has 0 bridgehead atoms. The van der Waals surface area contributed by atoms with E-state index in [0.717, 1.165) is 5.56 Å². The second-order valence-electron chi connectivity index (χ2n) is 5.34. The zero-order valence-corrected chi connectivity index (χ0v) is 15.7. The number of benzene rings is 2. The molecule has 1 heterocycles. The summed E-state index contributed by atoms with van der Waals surface area (Å²) in [5.74, 6) is 0.893. The van der Waals surface area contributed by atoms with Crippen molar-refractivity contribution >= 4 is 39.4 Å². The molecule has 8 heteroatoms. The first-order valence-electron chi connectivity index (χ1n) is 7.57. The fourth-order valence-electron chi connectivity index (χ4n) is 2.28. The number of nitro groups is 1.